The Hall–Kier alpha value is -3.68. The minimum absolute atomic E-state index is 0.0786. The average molecular weight is 382 g/mol. The van der Waals surface area contributed by atoms with Crippen molar-refractivity contribution in [2.75, 3.05) is 5.32 Å². The van der Waals surface area contributed by atoms with Gasteiger partial charge in [-0.05, 0) is 36.4 Å². The van der Waals surface area contributed by atoms with Gasteiger partial charge in [-0.15, -0.1) is 0 Å². The van der Waals surface area contributed by atoms with E-state index in [2.05, 4.69) is 15.3 Å². The molecule has 1 N–H and O–H groups in total. The molecule has 0 spiro atoms. The molecule has 3 aromatic heterocycles. The number of para-hydroxylation sites is 1. The molecule has 0 unspecified atom stereocenters. The molecule has 0 saturated heterocycles. The Bertz CT molecular complexity index is 1190. The molecule has 0 amide bonds. The maximum Gasteiger partial charge on any atom is 0.433 e. The number of halogens is 3. The molecular weight excluding hydrogens is 369 g/mol. The van der Waals surface area contributed by atoms with E-state index >= 15 is 0 Å². The molecule has 0 aliphatic heterocycles. The molecular formula is C20H13F3N4O. The zero-order valence-corrected chi connectivity index (χ0v) is 14.3. The van der Waals surface area contributed by atoms with Gasteiger partial charge < -0.3 is 5.32 Å². The Morgan fingerprint density at radius 2 is 1.64 bits per heavy atom. The van der Waals surface area contributed by atoms with Crippen LogP contribution in [0.4, 0.5) is 24.5 Å². The first-order valence-electron chi connectivity index (χ1n) is 8.30. The summed E-state index contributed by atoms with van der Waals surface area (Å²) in [7, 11) is 0. The quantitative estimate of drug-likeness (QED) is 0.565. The molecule has 0 atom stereocenters. The zero-order chi connectivity index (χ0) is 19.7. The standard InChI is InChI=1S/C20H13F3N4O/c21-20(22,23)17-7-6-15-16(25-13-8-10-24-11-9-13)12-18(28)27(19(15)26-17)14-4-2-1-3-5-14/h1-12H,(H,24,25). The first-order valence-corrected chi connectivity index (χ1v) is 8.30. The SMILES string of the molecule is O=c1cc(Nc2ccncc2)c2ccc(C(F)(F)F)nc2n1-c1ccccc1. The largest absolute Gasteiger partial charge is 0.433 e. The van der Waals surface area contributed by atoms with Crippen molar-refractivity contribution >= 4 is 22.4 Å². The molecule has 4 aromatic rings. The summed E-state index contributed by atoms with van der Waals surface area (Å²) in [4.78, 5) is 20.5. The van der Waals surface area contributed by atoms with Crippen molar-refractivity contribution < 1.29 is 13.2 Å². The molecule has 0 aliphatic rings. The molecule has 0 bridgehead atoms. The second-order valence-corrected chi connectivity index (χ2v) is 5.99. The van der Waals surface area contributed by atoms with E-state index in [-0.39, 0.29) is 5.65 Å². The summed E-state index contributed by atoms with van der Waals surface area (Å²) in [5, 5.41) is 3.43. The third-order valence-corrected chi connectivity index (χ3v) is 4.13. The third kappa shape index (κ3) is 3.32. The maximum absolute atomic E-state index is 13.2. The fourth-order valence-corrected chi connectivity index (χ4v) is 2.88. The van der Waals surface area contributed by atoms with Crippen molar-refractivity contribution in [2.45, 2.75) is 6.18 Å². The molecule has 28 heavy (non-hydrogen) atoms. The lowest BCUT2D eigenvalue weighted by atomic mass is 10.2. The van der Waals surface area contributed by atoms with Gasteiger partial charge in [0.15, 0.2) is 0 Å². The maximum atomic E-state index is 13.2. The van der Waals surface area contributed by atoms with Crippen LogP contribution < -0.4 is 10.9 Å². The molecule has 5 nitrogen and oxygen atoms in total. The van der Waals surface area contributed by atoms with E-state index < -0.39 is 17.4 Å². The van der Waals surface area contributed by atoms with Gasteiger partial charge in [0.25, 0.3) is 5.56 Å². The van der Waals surface area contributed by atoms with Crippen LogP contribution in [0.1, 0.15) is 5.69 Å². The van der Waals surface area contributed by atoms with Crippen LogP contribution in [0.15, 0.2) is 77.9 Å². The van der Waals surface area contributed by atoms with Gasteiger partial charge in [-0.3, -0.25) is 14.3 Å². The fourth-order valence-electron chi connectivity index (χ4n) is 2.88. The van der Waals surface area contributed by atoms with Crippen LogP contribution in [-0.2, 0) is 6.18 Å². The highest BCUT2D eigenvalue weighted by molar-refractivity contribution is 5.92. The van der Waals surface area contributed by atoms with E-state index in [1.165, 1.54) is 16.7 Å². The lowest BCUT2D eigenvalue weighted by Gasteiger charge is -2.16. The van der Waals surface area contributed by atoms with Crippen LogP contribution in [0.2, 0.25) is 0 Å². The van der Waals surface area contributed by atoms with Gasteiger partial charge in [-0.2, -0.15) is 13.2 Å². The second-order valence-electron chi connectivity index (χ2n) is 5.99. The van der Waals surface area contributed by atoms with E-state index in [9.17, 15) is 18.0 Å². The fraction of sp³-hybridized carbons (Fsp3) is 0.0500. The number of hydrogen-bond donors (Lipinski definition) is 1. The van der Waals surface area contributed by atoms with Gasteiger partial charge >= 0.3 is 6.18 Å². The first kappa shape index (κ1) is 17.7. The topological polar surface area (TPSA) is 59.8 Å². The van der Waals surface area contributed by atoms with Crippen LogP contribution in [0.3, 0.4) is 0 Å². The van der Waals surface area contributed by atoms with Crippen LogP contribution in [0.25, 0.3) is 16.7 Å². The van der Waals surface area contributed by atoms with E-state index in [1.54, 1.807) is 54.9 Å². The van der Waals surface area contributed by atoms with Gasteiger partial charge in [0.05, 0.1) is 11.4 Å². The van der Waals surface area contributed by atoms with Gasteiger partial charge in [-0.25, -0.2) is 4.98 Å². The van der Waals surface area contributed by atoms with Crippen molar-refractivity contribution in [1.29, 1.82) is 0 Å². The number of rotatable bonds is 3. The van der Waals surface area contributed by atoms with Crippen molar-refractivity contribution in [3.8, 4) is 5.69 Å². The van der Waals surface area contributed by atoms with E-state index in [0.717, 1.165) is 6.07 Å². The molecule has 8 heteroatoms. The number of hydrogen-bond acceptors (Lipinski definition) is 4. The van der Waals surface area contributed by atoms with Crippen molar-refractivity contribution in [2.24, 2.45) is 0 Å². The number of nitrogens with one attached hydrogen (secondary N) is 1. The Morgan fingerprint density at radius 1 is 0.929 bits per heavy atom. The smallest absolute Gasteiger partial charge is 0.355 e. The molecule has 4 rings (SSSR count). The summed E-state index contributed by atoms with van der Waals surface area (Å²) < 4.78 is 40.8. The third-order valence-electron chi connectivity index (χ3n) is 4.13. The predicted octanol–water partition coefficient (Wildman–Crippen LogP) is 4.54. The van der Waals surface area contributed by atoms with Crippen LogP contribution in [-0.4, -0.2) is 14.5 Å². The monoisotopic (exact) mass is 382 g/mol. The molecule has 0 radical (unpaired) electrons. The number of fused-ring (bicyclic) bond motifs is 1. The van der Waals surface area contributed by atoms with E-state index in [4.69, 9.17) is 0 Å². The predicted molar refractivity (Wildman–Crippen MR) is 99.9 cm³/mol. The Kier molecular flexibility index (Phi) is 4.31. The highest BCUT2D eigenvalue weighted by Gasteiger charge is 2.33. The number of aromatic nitrogens is 3. The van der Waals surface area contributed by atoms with Gasteiger partial charge in [-0.1, -0.05) is 18.2 Å². The Labute approximate surface area is 157 Å². The minimum Gasteiger partial charge on any atom is -0.355 e. The zero-order valence-electron chi connectivity index (χ0n) is 14.3. The minimum atomic E-state index is -4.62. The second kappa shape index (κ2) is 6.80. The van der Waals surface area contributed by atoms with Gasteiger partial charge in [0.1, 0.15) is 11.3 Å². The van der Waals surface area contributed by atoms with E-state index in [1.807, 2.05) is 0 Å². The highest BCUT2D eigenvalue weighted by Crippen LogP contribution is 2.31. The van der Waals surface area contributed by atoms with Gasteiger partial charge in [0.2, 0.25) is 0 Å². The van der Waals surface area contributed by atoms with Crippen LogP contribution in [0.5, 0.6) is 0 Å². The summed E-state index contributed by atoms with van der Waals surface area (Å²) in [5.74, 6) is 0. The lowest BCUT2D eigenvalue weighted by molar-refractivity contribution is -0.141. The highest BCUT2D eigenvalue weighted by atomic mass is 19.4. The molecule has 0 aliphatic carbocycles. The Balaban J connectivity index is 2.00. The number of nitrogens with zero attached hydrogens (tertiary/aromatic N) is 3. The first-order chi connectivity index (χ1) is 13.4. The summed E-state index contributed by atoms with van der Waals surface area (Å²) in [6.07, 6.45) is -1.49. The van der Waals surface area contributed by atoms with Crippen molar-refractivity contribution in [3.05, 3.63) is 89.1 Å². The van der Waals surface area contributed by atoms with Crippen LogP contribution in [0, 0.1) is 0 Å². The average Bonchev–Trinajstić information content (AvgIpc) is 2.68. The molecule has 3 heterocycles. The van der Waals surface area contributed by atoms with Gasteiger partial charge in [0, 0.05) is 29.5 Å². The normalized spacial score (nSPS) is 11.5. The summed E-state index contributed by atoms with van der Waals surface area (Å²) in [5.41, 5.74) is -0.204. The number of benzene rings is 1. The summed E-state index contributed by atoms with van der Waals surface area (Å²) in [6.45, 7) is 0. The molecule has 1 aromatic carbocycles. The molecule has 0 fully saturated rings. The summed E-state index contributed by atoms with van der Waals surface area (Å²) >= 11 is 0. The summed E-state index contributed by atoms with van der Waals surface area (Å²) in [6, 6.07) is 15.4. The van der Waals surface area contributed by atoms with Crippen molar-refractivity contribution in [1.82, 2.24) is 14.5 Å². The Morgan fingerprint density at radius 3 is 2.32 bits per heavy atom. The van der Waals surface area contributed by atoms with E-state index in [0.29, 0.717) is 22.4 Å². The number of anilines is 2. The van der Waals surface area contributed by atoms with Crippen molar-refractivity contribution in [3.63, 3.8) is 0 Å². The number of pyridine rings is 3. The molecule has 140 valence electrons. The molecule has 0 saturated carbocycles. The number of alkyl halides is 3. The lowest BCUT2D eigenvalue weighted by Crippen LogP contribution is -2.21. The van der Waals surface area contributed by atoms with Crippen LogP contribution >= 0.6 is 0 Å².